The molecule has 25 heavy (non-hydrogen) atoms. The molecule has 0 saturated carbocycles. The van der Waals surface area contributed by atoms with Gasteiger partial charge < -0.3 is 5.11 Å². The molecule has 7 heteroatoms. The minimum atomic E-state index is -0.986. The lowest BCUT2D eigenvalue weighted by Gasteiger charge is -2.07. The van der Waals surface area contributed by atoms with Crippen LogP contribution in [0.15, 0.2) is 58.3 Å². The number of carboxylic acids is 1. The zero-order valence-electron chi connectivity index (χ0n) is 12.9. The minimum Gasteiger partial charge on any atom is -0.478 e. The second-order valence-corrected chi connectivity index (χ2v) is 7.30. The minimum absolute atomic E-state index is 0.115. The fourth-order valence-electron chi connectivity index (χ4n) is 2.69. The average molecular weight is 368 g/mol. The van der Waals surface area contributed by atoms with Crippen LogP contribution >= 0.6 is 22.7 Å². The Hall–Kier alpha value is -2.77. The molecule has 0 spiro atoms. The van der Waals surface area contributed by atoms with E-state index in [-0.39, 0.29) is 17.7 Å². The van der Waals surface area contributed by atoms with Crippen LogP contribution in [0.1, 0.15) is 15.9 Å². The largest absolute Gasteiger partial charge is 0.478 e. The molecule has 1 aromatic carbocycles. The summed E-state index contributed by atoms with van der Waals surface area (Å²) in [4.78, 5) is 30.2. The van der Waals surface area contributed by atoms with E-state index in [4.69, 9.17) is 5.11 Å². The van der Waals surface area contributed by atoms with Gasteiger partial charge in [-0.15, -0.1) is 22.7 Å². The summed E-state index contributed by atoms with van der Waals surface area (Å²) in [5, 5.41) is 13.7. The van der Waals surface area contributed by atoms with Gasteiger partial charge in [0.2, 0.25) is 0 Å². The smallest absolute Gasteiger partial charge is 0.335 e. The van der Waals surface area contributed by atoms with Crippen molar-refractivity contribution >= 4 is 38.9 Å². The van der Waals surface area contributed by atoms with Gasteiger partial charge in [0, 0.05) is 15.8 Å². The van der Waals surface area contributed by atoms with Gasteiger partial charge in [-0.2, -0.15) is 0 Å². The van der Waals surface area contributed by atoms with Crippen LogP contribution in [0.3, 0.4) is 0 Å². The molecular weight excluding hydrogens is 356 g/mol. The first-order valence-corrected chi connectivity index (χ1v) is 9.22. The van der Waals surface area contributed by atoms with Crippen molar-refractivity contribution < 1.29 is 9.90 Å². The van der Waals surface area contributed by atoms with Crippen molar-refractivity contribution in [3.63, 3.8) is 0 Å². The predicted molar refractivity (Wildman–Crippen MR) is 99.7 cm³/mol. The summed E-state index contributed by atoms with van der Waals surface area (Å²) in [6, 6.07) is 10.5. The molecule has 0 saturated heterocycles. The maximum atomic E-state index is 12.9. The average Bonchev–Trinajstić information content (AvgIpc) is 3.27. The van der Waals surface area contributed by atoms with Crippen molar-refractivity contribution in [2.75, 3.05) is 0 Å². The predicted octanol–water partition coefficient (Wildman–Crippen LogP) is 3.93. The molecule has 5 nitrogen and oxygen atoms in total. The second-order valence-electron chi connectivity index (χ2n) is 5.49. The lowest BCUT2D eigenvalue weighted by Crippen LogP contribution is -2.21. The number of aromatic nitrogens is 2. The molecule has 0 aliphatic rings. The first kappa shape index (κ1) is 15.7. The molecule has 3 aromatic heterocycles. The Morgan fingerprint density at radius 3 is 2.84 bits per heavy atom. The quantitative estimate of drug-likeness (QED) is 0.592. The van der Waals surface area contributed by atoms with E-state index in [9.17, 15) is 9.59 Å². The number of hydrogen-bond donors (Lipinski definition) is 1. The van der Waals surface area contributed by atoms with E-state index in [1.54, 1.807) is 29.5 Å². The van der Waals surface area contributed by atoms with Gasteiger partial charge >= 0.3 is 5.97 Å². The molecule has 0 unspecified atom stereocenters. The molecular formula is C18H12N2O3S2. The van der Waals surface area contributed by atoms with Crippen LogP contribution in [0.5, 0.6) is 0 Å². The van der Waals surface area contributed by atoms with Gasteiger partial charge in [0.05, 0.1) is 23.8 Å². The lowest BCUT2D eigenvalue weighted by molar-refractivity contribution is 0.0696. The fraction of sp³-hybridized carbons (Fsp3) is 0.0556. The van der Waals surface area contributed by atoms with Crippen molar-refractivity contribution in [2.24, 2.45) is 0 Å². The van der Waals surface area contributed by atoms with Crippen molar-refractivity contribution in [1.29, 1.82) is 0 Å². The Bertz CT molecular complexity index is 1130. The number of thiophene rings is 2. The Balaban J connectivity index is 1.80. The zero-order chi connectivity index (χ0) is 17.4. The third kappa shape index (κ3) is 2.88. The van der Waals surface area contributed by atoms with Crippen LogP contribution in [-0.4, -0.2) is 20.6 Å². The summed E-state index contributed by atoms with van der Waals surface area (Å²) < 4.78 is 1.52. The summed E-state index contributed by atoms with van der Waals surface area (Å²) in [7, 11) is 0. The van der Waals surface area contributed by atoms with Crippen molar-refractivity contribution in [3.05, 3.63) is 75.0 Å². The van der Waals surface area contributed by atoms with E-state index in [2.05, 4.69) is 4.98 Å². The van der Waals surface area contributed by atoms with Gasteiger partial charge in [0.15, 0.2) is 0 Å². The second kappa shape index (κ2) is 6.27. The van der Waals surface area contributed by atoms with E-state index in [0.29, 0.717) is 10.2 Å². The van der Waals surface area contributed by atoms with Gasteiger partial charge in [-0.25, -0.2) is 9.78 Å². The molecule has 3 heterocycles. The van der Waals surface area contributed by atoms with Gasteiger partial charge in [0.1, 0.15) is 4.83 Å². The highest BCUT2D eigenvalue weighted by atomic mass is 32.1. The highest BCUT2D eigenvalue weighted by molar-refractivity contribution is 7.18. The van der Waals surface area contributed by atoms with E-state index < -0.39 is 5.97 Å². The van der Waals surface area contributed by atoms with Gasteiger partial charge in [-0.05, 0) is 29.1 Å². The zero-order valence-corrected chi connectivity index (χ0v) is 14.5. The van der Waals surface area contributed by atoms with Gasteiger partial charge in [-0.1, -0.05) is 18.2 Å². The lowest BCUT2D eigenvalue weighted by atomic mass is 10.1. The molecule has 0 atom stereocenters. The Labute approximate surface area is 150 Å². The van der Waals surface area contributed by atoms with E-state index in [0.717, 1.165) is 16.0 Å². The summed E-state index contributed by atoms with van der Waals surface area (Å²) in [6.45, 7) is 0.280. The van der Waals surface area contributed by atoms with Gasteiger partial charge in [0.25, 0.3) is 5.56 Å². The molecule has 1 N–H and O–H groups in total. The molecule has 0 amide bonds. The number of carboxylic acid groups (broad SMARTS) is 1. The Kier molecular flexibility index (Phi) is 3.95. The van der Waals surface area contributed by atoms with Crippen LogP contribution in [0, 0.1) is 0 Å². The van der Waals surface area contributed by atoms with Crippen LogP contribution in [0.4, 0.5) is 0 Å². The van der Waals surface area contributed by atoms with E-state index in [1.807, 2.05) is 22.9 Å². The molecule has 124 valence electrons. The SMILES string of the molecule is O=C(O)c1cccc(Cn2cnc3scc(-c4cccs4)c3c2=O)c1. The number of rotatable bonds is 4. The number of fused-ring (bicyclic) bond motifs is 1. The summed E-state index contributed by atoms with van der Waals surface area (Å²) in [6.07, 6.45) is 1.52. The highest BCUT2D eigenvalue weighted by Crippen LogP contribution is 2.33. The number of hydrogen-bond acceptors (Lipinski definition) is 5. The highest BCUT2D eigenvalue weighted by Gasteiger charge is 2.14. The number of carbonyl (C=O) groups is 1. The molecule has 4 aromatic rings. The van der Waals surface area contributed by atoms with Crippen molar-refractivity contribution in [3.8, 4) is 10.4 Å². The monoisotopic (exact) mass is 368 g/mol. The Morgan fingerprint density at radius 1 is 1.20 bits per heavy atom. The third-order valence-corrected chi connectivity index (χ3v) is 5.66. The third-order valence-electron chi connectivity index (χ3n) is 3.87. The Morgan fingerprint density at radius 2 is 2.08 bits per heavy atom. The molecule has 0 bridgehead atoms. The molecule has 0 fully saturated rings. The van der Waals surface area contributed by atoms with Crippen LogP contribution in [0.2, 0.25) is 0 Å². The number of benzene rings is 1. The topological polar surface area (TPSA) is 72.2 Å². The summed E-state index contributed by atoms with van der Waals surface area (Å²) in [5.74, 6) is -0.986. The maximum absolute atomic E-state index is 12.9. The van der Waals surface area contributed by atoms with Crippen molar-refractivity contribution in [1.82, 2.24) is 9.55 Å². The van der Waals surface area contributed by atoms with E-state index in [1.165, 1.54) is 28.3 Å². The molecule has 0 aliphatic heterocycles. The number of nitrogens with zero attached hydrogens (tertiary/aromatic N) is 2. The van der Waals surface area contributed by atoms with Crippen LogP contribution < -0.4 is 5.56 Å². The van der Waals surface area contributed by atoms with E-state index >= 15 is 0 Å². The van der Waals surface area contributed by atoms with Crippen LogP contribution in [-0.2, 0) is 6.54 Å². The number of aromatic carboxylic acids is 1. The standard InChI is InChI=1S/C18H12N2O3S2/c21-17-15-13(14-5-2-6-24-14)9-25-16(15)19-10-20(17)8-11-3-1-4-12(7-11)18(22)23/h1-7,9-10H,8H2,(H,22,23). The first-order valence-electron chi connectivity index (χ1n) is 7.46. The van der Waals surface area contributed by atoms with Crippen LogP contribution in [0.25, 0.3) is 20.7 Å². The molecule has 4 rings (SSSR count). The normalized spacial score (nSPS) is 11.0. The summed E-state index contributed by atoms with van der Waals surface area (Å²) >= 11 is 3.04. The first-order chi connectivity index (χ1) is 12.1. The van der Waals surface area contributed by atoms with Crippen molar-refractivity contribution in [2.45, 2.75) is 6.54 Å². The maximum Gasteiger partial charge on any atom is 0.335 e. The summed E-state index contributed by atoms with van der Waals surface area (Å²) in [5.41, 5.74) is 1.74. The fourth-order valence-corrected chi connectivity index (χ4v) is 4.41. The molecule has 0 aliphatic carbocycles. The molecule has 0 radical (unpaired) electrons. The van der Waals surface area contributed by atoms with Gasteiger partial charge in [-0.3, -0.25) is 9.36 Å².